The van der Waals surface area contributed by atoms with Gasteiger partial charge in [-0.2, -0.15) is 4.57 Å². The van der Waals surface area contributed by atoms with Crippen molar-refractivity contribution in [2.75, 3.05) is 6.61 Å². The number of aromatic nitrogens is 2. The van der Waals surface area contributed by atoms with Crippen molar-refractivity contribution < 1.29 is 34.0 Å². The van der Waals surface area contributed by atoms with E-state index in [0.717, 1.165) is 16.8 Å². The van der Waals surface area contributed by atoms with Gasteiger partial charge in [-0.1, -0.05) is 0 Å². The number of alkyl carbamates (subject to hydrolysis) is 1. The second-order valence-corrected chi connectivity index (χ2v) is 9.72. The summed E-state index contributed by atoms with van der Waals surface area (Å²) < 4.78 is 17.1. The van der Waals surface area contributed by atoms with E-state index < -0.39 is 65.2 Å². The highest BCUT2D eigenvalue weighted by molar-refractivity contribution is 5.70. The van der Waals surface area contributed by atoms with E-state index in [1.807, 2.05) is 0 Å². The minimum atomic E-state index is -1.67. The van der Waals surface area contributed by atoms with E-state index in [1.54, 1.807) is 41.5 Å². The molecule has 1 aromatic heterocycles. The highest BCUT2D eigenvalue weighted by Gasteiger charge is 2.55. The average Bonchev–Trinajstić information content (AvgIpc) is 2.83. The van der Waals surface area contributed by atoms with Crippen molar-refractivity contribution in [2.24, 2.45) is 0 Å². The lowest BCUT2D eigenvalue weighted by Crippen LogP contribution is -2.60. The Labute approximate surface area is 184 Å². The maximum absolute atomic E-state index is 13.1. The Kier molecular flexibility index (Phi) is 6.93. The van der Waals surface area contributed by atoms with Gasteiger partial charge in [-0.05, 0) is 48.5 Å². The minimum absolute atomic E-state index is 0.279. The van der Waals surface area contributed by atoms with Crippen molar-refractivity contribution in [1.82, 2.24) is 14.5 Å². The zero-order valence-electron chi connectivity index (χ0n) is 19.2. The van der Waals surface area contributed by atoms with Crippen LogP contribution >= 0.6 is 0 Å². The molecule has 180 valence electrons. The number of aliphatic hydroxyl groups excluding tert-OH is 2. The van der Waals surface area contributed by atoms with Crippen LogP contribution in [0.2, 0.25) is 0 Å². The molecule has 1 saturated heterocycles. The summed E-state index contributed by atoms with van der Waals surface area (Å²) in [5, 5.41) is 22.8. The van der Waals surface area contributed by atoms with Crippen LogP contribution in [0.15, 0.2) is 21.9 Å². The Morgan fingerprint density at radius 1 is 1.16 bits per heavy atom. The predicted octanol–water partition coefficient (Wildman–Crippen LogP) is 0.327. The number of amides is 1. The minimum Gasteiger partial charge on any atom is -0.444 e. The Balaban J connectivity index is 2.55. The van der Waals surface area contributed by atoms with Crippen LogP contribution in [0.4, 0.5) is 9.59 Å². The first-order valence-electron chi connectivity index (χ1n) is 10.0. The van der Waals surface area contributed by atoms with Gasteiger partial charge in [0.1, 0.15) is 28.9 Å². The summed E-state index contributed by atoms with van der Waals surface area (Å²) in [5.74, 6) is 0. The fourth-order valence-corrected chi connectivity index (χ4v) is 3.22. The standard InChI is InChI=1S/C20H31N3O9/c1-18(2,3)31-15(27)21-20(7)13(26)11(10-24)30-14(20)22-9-8-12(25)23(16(22)28)17(29)32-19(4,5)6/h8-9,11,13-14,24,26H,10H2,1-7H3,(H,21,27)/t11-,13?,14-,20-/m1/s1. The zero-order chi connectivity index (χ0) is 24.6. The number of carbonyl (C=O) groups excluding carboxylic acids is 2. The second kappa shape index (κ2) is 8.68. The number of aliphatic hydroxyl groups is 2. The normalized spacial score (nSPS) is 26.0. The summed E-state index contributed by atoms with van der Waals surface area (Å²) in [6.07, 6.45) is -5.06. The molecular formula is C20H31N3O9. The molecule has 0 saturated carbocycles. The molecule has 12 nitrogen and oxygen atoms in total. The van der Waals surface area contributed by atoms with Crippen molar-refractivity contribution in [2.45, 2.75) is 83.6 Å². The van der Waals surface area contributed by atoms with Gasteiger partial charge in [0, 0.05) is 12.3 Å². The summed E-state index contributed by atoms with van der Waals surface area (Å²) in [5.41, 5.74) is -5.54. The number of carbonyl (C=O) groups is 2. The van der Waals surface area contributed by atoms with Crippen LogP contribution in [0.1, 0.15) is 54.7 Å². The lowest BCUT2D eigenvalue weighted by atomic mass is 9.92. The molecular weight excluding hydrogens is 426 g/mol. The molecule has 1 aliphatic rings. The lowest BCUT2D eigenvalue weighted by molar-refractivity contribution is -0.0512. The maximum atomic E-state index is 13.1. The van der Waals surface area contributed by atoms with Crippen LogP contribution in [0.25, 0.3) is 0 Å². The third kappa shape index (κ3) is 5.37. The van der Waals surface area contributed by atoms with Gasteiger partial charge < -0.3 is 29.7 Å². The fourth-order valence-electron chi connectivity index (χ4n) is 3.22. The smallest absolute Gasteiger partial charge is 0.425 e. The van der Waals surface area contributed by atoms with Crippen molar-refractivity contribution in [3.8, 4) is 0 Å². The predicted molar refractivity (Wildman–Crippen MR) is 111 cm³/mol. The van der Waals surface area contributed by atoms with E-state index in [9.17, 15) is 29.4 Å². The third-order valence-corrected chi connectivity index (χ3v) is 4.57. The average molecular weight is 457 g/mol. The first-order valence-corrected chi connectivity index (χ1v) is 10.0. The van der Waals surface area contributed by atoms with E-state index in [4.69, 9.17) is 14.2 Å². The van der Waals surface area contributed by atoms with Gasteiger partial charge in [0.15, 0.2) is 6.23 Å². The SMILES string of the molecule is CC(C)(C)OC(=O)N[C@]1(C)C(O)[C@@H](CO)O[C@H]1n1ccc(=O)n(C(=O)OC(C)(C)C)c1=O. The molecule has 3 N–H and O–H groups in total. The van der Waals surface area contributed by atoms with Crippen molar-refractivity contribution in [3.63, 3.8) is 0 Å². The molecule has 0 radical (unpaired) electrons. The number of nitrogens with one attached hydrogen (secondary N) is 1. The van der Waals surface area contributed by atoms with Crippen molar-refractivity contribution >= 4 is 12.2 Å². The van der Waals surface area contributed by atoms with Crippen molar-refractivity contribution in [1.29, 1.82) is 0 Å². The molecule has 1 fully saturated rings. The molecule has 2 heterocycles. The number of rotatable bonds is 3. The summed E-state index contributed by atoms with van der Waals surface area (Å²) in [4.78, 5) is 50.2. The highest BCUT2D eigenvalue weighted by atomic mass is 16.6. The van der Waals surface area contributed by atoms with Crippen molar-refractivity contribution in [3.05, 3.63) is 33.1 Å². The highest BCUT2D eigenvalue weighted by Crippen LogP contribution is 2.37. The summed E-state index contributed by atoms with van der Waals surface area (Å²) in [7, 11) is 0. The van der Waals surface area contributed by atoms with Gasteiger partial charge in [-0.15, -0.1) is 0 Å². The monoisotopic (exact) mass is 457 g/mol. The maximum Gasteiger partial charge on any atom is 0.425 e. The molecule has 1 amide bonds. The van der Waals surface area contributed by atoms with Crippen LogP contribution in [0.5, 0.6) is 0 Å². The second-order valence-electron chi connectivity index (χ2n) is 9.72. The van der Waals surface area contributed by atoms with E-state index >= 15 is 0 Å². The van der Waals surface area contributed by atoms with Crippen LogP contribution < -0.4 is 16.6 Å². The first kappa shape index (κ1) is 25.6. The fraction of sp³-hybridized carbons (Fsp3) is 0.700. The number of ether oxygens (including phenoxy) is 3. The molecule has 0 aliphatic carbocycles. The number of hydrogen-bond acceptors (Lipinski definition) is 9. The van der Waals surface area contributed by atoms with E-state index in [-0.39, 0.29) is 4.57 Å². The molecule has 1 aliphatic heterocycles. The van der Waals surface area contributed by atoms with Gasteiger partial charge in [0.05, 0.1) is 6.61 Å². The van der Waals surface area contributed by atoms with E-state index in [2.05, 4.69) is 5.32 Å². The quantitative estimate of drug-likeness (QED) is 0.581. The first-order chi connectivity index (χ1) is 14.5. The zero-order valence-corrected chi connectivity index (χ0v) is 19.2. The molecule has 1 aromatic rings. The topological polar surface area (TPSA) is 158 Å². The Bertz CT molecular complexity index is 986. The Morgan fingerprint density at radius 3 is 2.22 bits per heavy atom. The molecule has 0 spiro atoms. The summed E-state index contributed by atoms with van der Waals surface area (Å²) >= 11 is 0. The van der Waals surface area contributed by atoms with Crippen LogP contribution in [-0.2, 0) is 14.2 Å². The Morgan fingerprint density at radius 2 is 1.72 bits per heavy atom. The third-order valence-electron chi connectivity index (χ3n) is 4.57. The van der Waals surface area contributed by atoms with Crippen LogP contribution in [-0.4, -0.2) is 67.1 Å². The van der Waals surface area contributed by atoms with E-state index in [0.29, 0.717) is 0 Å². The molecule has 4 atom stereocenters. The molecule has 1 unspecified atom stereocenters. The van der Waals surface area contributed by atoms with E-state index in [1.165, 1.54) is 6.92 Å². The largest absolute Gasteiger partial charge is 0.444 e. The summed E-state index contributed by atoms with van der Waals surface area (Å²) in [6.45, 7) is 10.4. The summed E-state index contributed by atoms with van der Waals surface area (Å²) in [6, 6.07) is 0.946. The molecule has 0 bridgehead atoms. The number of nitrogens with zero attached hydrogens (tertiary/aromatic N) is 2. The molecule has 32 heavy (non-hydrogen) atoms. The van der Waals surface area contributed by atoms with Gasteiger partial charge in [-0.25, -0.2) is 14.4 Å². The van der Waals surface area contributed by atoms with Gasteiger partial charge >= 0.3 is 17.9 Å². The molecule has 2 rings (SSSR count). The number of hydrogen-bond donors (Lipinski definition) is 3. The molecule has 12 heteroatoms. The van der Waals surface area contributed by atoms with Crippen LogP contribution in [0.3, 0.4) is 0 Å². The molecule has 0 aromatic carbocycles. The van der Waals surface area contributed by atoms with Gasteiger partial charge in [-0.3, -0.25) is 9.36 Å². The van der Waals surface area contributed by atoms with Crippen LogP contribution in [0, 0.1) is 0 Å². The van der Waals surface area contributed by atoms with Gasteiger partial charge in [0.25, 0.3) is 5.56 Å². The lowest BCUT2D eigenvalue weighted by Gasteiger charge is -2.35. The Hall–Kier alpha value is -2.70. The van der Waals surface area contributed by atoms with Gasteiger partial charge in [0.2, 0.25) is 0 Å².